The Kier molecular flexibility index (Phi) is 7.05. The van der Waals surface area contributed by atoms with E-state index in [2.05, 4.69) is 10.2 Å². The lowest BCUT2D eigenvalue weighted by molar-refractivity contribution is -0.126. The predicted molar refractivity (Wildman–Crippen MR) is 106 cm³/mol. The van der Waals surface area contributed by atoms with Crippen LogP contribution in [0.15, 0.2) is 29.2 Å². The van der Waals surface area contributed by atoms with Gasteiger partial charge in [-0.1, -0.05) is 0 Å². The van der Waals surface area contributed by atoms with E-state index >= 15 is 0 Å². The molecule has 3 rings (SSSR count). The second-order valence-electron chi connectivity index (χ2n) is 7.51. The average Bonchev–Trinajstić information content (AvgIpc) is 3.25. The molecule has 0 aromatic heterocycles. The zero-order valence-corrected chi connectivity index (χ0v) is 17.0. The standard InChI is InChI=1S/C20H28N4O3S/c21-16-17-4-6-19(7-5-17)28(26,27)24-14-8-18(9-15-24)20(25)22-10-3-13-23-11-1-2-12-23/h4-7,18H,1-3,8-15H2,(H,22,25). The van der Waals surface area contributed by atoms with Crippen molar-refractivity contribution in [2.24, 2.45) is 5.92 Å². The summed E-state index contributed by atoms with van der Waals surface area (Å²) in [5.74, 6) is -0.0870. The first kappa shape index (κ1) is 20.8. The van der Waals surface area contributed by atoms with Crippen LogP contribution in [0.5, 0.6) is 0 Å². The number of nitriles is 1. The van der Waals surface area contributed by atoms with Crippen molar-refractivity contribution in [3.8, 4) is 6.07 Å². The molecule has 0 atom stereocenters. The summed E-state index contributed by atoms with van der Waals surface area (Å²) in [6.07, 6.45) is 4.57. The highest BCUT2D eigenvalue weighted by atomic mass is 32.2. The van der Waals surface area contributed by atoms with Gasteiger partial charge in [-0.15, -0.1) is 0 Å². The number of hydrogen-bond acceptors (Lipinski definition) is 5. The molecular formula is C20H28N4O3S. The number of benzene rings is 1. The minimum absolute atomic E-state index is 0.0387. The summed E-state index contributed by atoms with van der Waals surface area (Å²) in [7, 11) is -3.58. The van der Waals surface area contributed by atoms with Gasteiger partial charge in [-0.25, -0.2) is 8.42 Å². The van der Waals surface area contributed by atoms with Crippen LogP contribution in [0.2, 0.25) is 0 Å². The molecule has 7 nitrogen and oxygen atoms in total. The van der Waals surface area contributed by atoms with Gasteiger partial charge in [0, 0.05) is 25.6 Å². The Morgan fingerprint density at radius 1 is 1.11 bits per heavy atom. The van der Waals surface area contributed by atoms with Crippen molar-refractivity contribution in [1.82, 2.24) is 14.5 Å². The third-order valence-corrected chi connectivity index (χ3v) is 7.51. The Balaban J connectivity index is 1.43. The molecule has 2 fully saturated rings. The number of nitrogens with zero attached hydrogens (tertiary/aromatic N) is 3. The maximum atomic E-state index is 12.7. The second-order valence-corrected chi connectivity index (χ2v) is 9.45. The van der Waals surface area contributed by atoms with Crippen molar-refractivity contribution in [2.75, 3.05) is 39.3 Å². The molecule has 1 N–H and O–H groups in total. The van der Waals surface area contributed by atoms with Gasteiger partial charge in [0.2, 0.25) is 15.9 Å². The number of hydrogen-bond donors (Lipinski definition) is 1. The number of carbonyl (C=O) groups excluding carboxylic acids is 1. The highest BCUT2D eigenvalue weighted by molar-refractivity contribution is 7.89. The number of carbonyl (C=O) groups is 1. The lowest BCUT2D eigenvalue weighted by Crippen LogP contribution is -2.43. The number of piperidine rings is 1. The van der Waals surface area contributed by atoms with Crippen LogP contribution in [0, 0.1) is 17.2 Å². The largest absolute Gasteiger partial charge is 0.356 e. The van der Waals surface area contributed by atoms with E-state index in [-0.39, 0.29) is 16.7 Å². The molecule has 0 aliphatic carbocycles. The number of likely N-dealkylation sites (tertiary alicyclic amines) is 1. The first-order valence-corrected chi connectivity index (χ1v) is 11.4. The minimum Gasteiger partial charge on any atom is -0.356 e. The Hall–Kier alpha value is -1.95. The van der Waals surface area contributed by atoms with Crippen LogP contribution in [-0.2, 0) is 14.8 Å². The van der Waals surface area contributed by atoms with E-state index in [0.29, 0.717) is 38.0 Å². The molecule has 1 aromatic rings. The van der Waals surface area contributed by atoms with Gasteiger partial charge in [0.25, 0.3) is 0 Å². The zero-order chi connectivity index (χ0) is 20.0. The van der Waals surface area contributed by atoms with Crippen LogP contribution in [0.1, 0.15) is 37.7 Å². The van der Waals surface area contributed by atoms with Gasteiger partial charge in [0.1, 0.15) is 0 Å². The molecule has 152 valence electrons. The first-order chi connectivity index (χ1) is 13.5. The first-order valence-electron chi connectivity index (χ1n) is 10.0. The lowest BCUT2D eigenvalue weighted by Gasteiger charge is -2.30. The predicted octanol–water partition coefficient (Wildman–Crippen LogP) is 1.56. The molecule has 1 aromatic carbocycles. The summed E-state index contributed by atoms with van der Waals surface area (Å²) in [4.78, 5) is 15.0. The van der Waals surface area contributed by atoms with Gasteiger partial charge in [-0.05, 0) is 76.0 Å². The molecule has 2 heterocycles. The maximum absolute atomic E-state index is 12.7. The molecule has 8 heteroatoms. The normalized spacial score (nSPS) is 19.4. The van der Waals surface area contributed by atoms with Crippen molar-refractivity contribution in [3.05, 3.63) is 29.8 Å². The van der Waals surface area contributed by atoms with Crippen LogP contribution in [0.25, 0.3) is 0 Å². The zero-order valence-electron chi connectivity index (χ0n) is 16.1. The van der Waals surface area contributed by atoms with Gasteiger partial charge in [-0.3, -0.25) is 4.79 Å². The molecule has 0 unspecified atom stereocenters. The summed E-state index contributed by atoms with van der Waals surface area (Å²) >= 11 is 0. The Morgan fingerprint density at radius 2 is 1.75 bits per heavy atom. The number of sulfonamides is 1. The SMILES string of the molecule is N#Cc1ccc(S(=O)(=O)N2CCC(C(=O)NCCCN3CCCC3)CC2)cc1. The fraction of sp³-hybridized carbons (Fsp3) is 0.600. The second kappa shape index (κ2) is 9.50. The van der Waals surface area contributed by atoms with Crippen LogP contribution < -0.4 is 5.32 Å². The fourth-order valence-electron chi connectivity index (χ4n) is 3.87. The highest BCUT2D eigenvalue weighted by Crippen LogP contribution is 2.24. The molecule has 28 heavy (non-hydrogen) atoms. The van der Waals surface area contributed by atoms with Gasteiger partial charge >= 0.3 is 0 Å². The Labute approximate surface area is 167 Å². The summed E-state index contributed by atoms with van der Waals surface area (Å²) < 4.78 is 26.9. The molecule has 2 aliphatic rings. The highest BCUT2D eigenvalue weighted by Gasteiger charge is 2.32. The van der Waals surface area contributed by atoms with E-state index in [1.54, 1.807) is 0 Å². The van der Waals surface area contributed by atoms with Crippen LogP contribution >= 0.6 is 0 Å². The number of nitrogens with one attached hydrogen (secondary N) is 1. The van der Waals surface area contributed by atoms with Gasteiger partial charge < -0.3 is 10.2 Å². The van der Waals surface area contributed by atoms with Crippen molar-refractivity contribution >= 4 is 15.9 Å². The topological polar surface area (TPSA) is 93.5 Å². The van der Waals surface area contributed by atoms with Crippen molar-refractivity contribution in [2.45, 2.75) is 37.0 Å². The monoisotopic (exact) mass is 404 g/mol. The number of amides is 1. The van der Waals surface area contributed by atoms with Crippen LogP contribution in [-0.4, -0.2) is 62.8 Å². The maximum Gasteiger partial charge on any atom is 0.243 e. The molecule has 0 bridgehead atoms. The molecule has 1 amide bonds. The molecule has 0 saturated carbocycles. The van der Waals surface area contributed by atoms with E-state index in [0.717, 1.165) is 13.0 Å². The summed E-state index contributed by atoms with van der Waals surface area (Å²) in [5.41, 5.74) is 0.430. The number of rotatable bonds is 7. The third-order valence-electron chi connectivity index (χ3n) is 5.59. The van der Waals surface area contributed by atoms with Gasteiger partial charge in [0.05, 0.1) is 16.5 Å². The molecule has 2 saturated heterocycles. The minimum atomic E-state index is -3.58. The van der Waals surface area contributed by atoms with E-state index in [1.165, 1.54) is 54.5 Å². The van der Waals surface area contributed by atoms with Gasteiger partial charge in [0.15, 0.2) is 0 Å². The molecule has 2 aliphatic heterocycles. The summed E-state index contributed by atoms with van der Waals surface area (Å²) in [5, 5.41) is 11.9. The fourth-order valence-corrected chi connectivity index (χ4v) is 5.34. The quantitative estimate of drug-likeness (QED) is 0.696. The summed E-state index contributed by atoms with van der Waals surface area (Å²) in [6, 6.07) is 7.93. The molecular weight excluding hydrogens is 376 g/mol. The lowest BCUT2D eigenvalue weighted by atomic mass is 9.97. The van der Waals surface area contributed by atoms with E-state index in [4.69, 9.17) is 5.26 Å². The molecule has 0 radical (unpaired) electrons. The van der Waals surface area contributed by atoms with Gasteiger partial charge in [-0.2, -0.15) is 9.57 Å². The smallest absolute Gasteiger partial charge is 0.243 e. The van der Waals surface area contributed by atoms with Crippen molar-refractivity contribution < 1.29 is 13.2 Å². The van der Waals surface area contributed by atoms with E-state index < -0.39 is 10.0 Å². The van der Waals surface area contributed by atoms with E-state index in [9.17, 15) is 13.2 Å². The average molecular weight is 405 g/mol. The third kappa shape index (κ3) is 5.10. The van der Waals surface area contributed by atoms with Crippen molar-refractivity contribution in [1.29, 1.82) is 5.26 Å². The molecule has 0 spiro atoms. The van der Waals surface area contributed by atoms with Crippen LogP contribution in [0.3, 0.4) is 0 Å². The van der Waals surface area contributed by atoms with Crippen LogP contribution in [0.4, 0.5) is 0 Å². The van der Waals surface area contributed by atoms with Crippen molar-refractivity contribution in [3.63, 3.8) is 0 Å². The van der Waals surface area contributed by atoms with E-state index in [1.807, 2.05) is 6.07 Å². The Bertz CT molecular complexity index is 803. The Morgan fingerprint density at radius 3 is 2.36 bits per heavy atom. The summed E-state index contributed by atoms with van der Waals surface area (Å²) in [6.45, 7) is 4.73.